The third kappa shape index (κ3) is 3.43. The minimum absolute atomic E-state index is 0.0592. The van der Waals surface area contributed by atoms with Crippen LogP contribution in [-0.2, 0) is 0 Å². The van der Waals surface area contributed by atoms with Gasteiger partial charge in [-0.25, -0.2) is 13.8 Å². The molecule has 142 valence electrons. The van der Waals surface area contributed by atoms with Crippen LogP contribution in [-0.4, -0.2) is 25.1 Å². The zero-order valence-electron chi connectivity index (χ0n) is 15.0. The van der Waals surface area contributed by atoms with Crippen LogP contribution in [0.3, 0.4) is 0 Å². The molecule has 27 heavy (non-hydrogen) atoms. The molecule has 0 radical (unpaired) electrons. The van der Waals surface area contributed by atoms with Gasteiger partial charge in [0.25, 0.3) is 12.3 Å². The van der Waals surface area contributed by atoms with Crippen LogP contribution >= 0.6 is 0 Å². The Labute approximate surface area is 155 Å². The van der Waals surface area contributed by atoms with Crippen molar-refractivity contribution in [1.29, 1.82) is 0 Å². The second-order valence-corrected chi connectivity index (χ2v) is 7.16. The summed E-state index contributed by atoms with van der Waals surface area (Å²) in [6.45, 7) is 2.20. The molecule has 0 aliphatic heterocycles. The molecule has 8 heteroatoms. The lowest BCUT2D eigenvalue weighted by Gasteiger charge is -2.26. The summed E-state index contributed by atoms with van der Waals surface area (Å²) in [5, 5.41) is 6.69. The molecule has 0 spiro atoms. The van der Waals surface area contributed by atoms with E-state index in [9.17, 15) is 13.6 Å². The van der Waals surface area contributed by atoms with E-state index in [1.807, 2.05) is 0 Å². The maximum Gasteiger partial charge on any atom is 0.284 e. The van der Waals surface area contributed by atoms with E-state index in [0.717, 1.165) is 25.7 Å². The van der Waals surface area contributed by atoms with Gasteiger partial charge in [0.2, 0.25) is 0 Å². The van der Waals surface area contributed by atoms with Gasteiger partial charge in [0.15, 0.2) is 5.69 Å². The Hall–Kier alpha value is -2.77. The lowest BCUT2D eigenvalue weighted by Crippen LogP contribution is -2.17. The summed E-state index contributed by atoms with van der Waals surface area (Å²) >= 11 is 0. The molecule has 0 unspecified atom stereocenters. The van der Waals surface area contributed by atoms with Crippen molar-refractivity contribution < 1.29 is 13.6 Å². The first-order chi connectivity index (χ1) is 13.0. The van der Waals surface area contributed by atoms with Gasteiger partial charge < -0.3 is 9.72 Å². The molecule has 1 N–H and O–H groups in total. The van der Waals surface area contributed by atoms with Crippen molar-refractivity contribution in [2.75, 3.05) is 5.32 Å². The summed E-state index contributed by atoms with van der Waals surface area (Å²) in [6, 6.07) is 3.46. The monoisotopic (exact) mass is 373 g/mol. The van der Waals surface area contributed by atoms with Crippen LogP contribution < -0.4 is 5.32 Å². The number of alkyl halides is 2. The molecular formula is C19H21F2N5O. The fourth-order valence-electron chi connectivity index (χ4n) is 3.66. The third-order valence-electron chi connectivity index (χ3n) is 5.24. The second kappa shape index (κ2) is 7.09. The summed E-state index contributed by atoms with van der Waals surface area (Å²) < 4.78 is 30.2. The van der Waals surface area contributed by atoms with Crippen LogP contribution in [0.5, 0.6) is 0 Å². The lowest BCUT2D eigenvalue weighted by molar-refractivity contribution is 0.102. The molecule has 6 nitrogen and oxygen atoms in total. The highest BCUT2D eigenvalue weighted by molar-refractivity contribution is 6.08. The largest absolute Gasteiger partial charge is 0.319 e. The number of carbonyl (C=O) groups is 1. The Bertz CT molecular complexity index is 956. The van der Waals surface area contributed by atoms with Crippen LogP contribution in [0.4, 0.5) is 14.5 Å². The standard InChI is InChI=1S/C19H21F2N5O/c1-12-3-5-13(6-4-12)26-11-15(16(24-26)17(20)21)23-19(27)14-7-10-25-9-2-8-22-18(14)25/h2,7-13,17H,3-6H2,1H3,(H,23,27). The van der Waals surface area contributed by atoms with Gasteiger partial charge in [0, 0.05) is 24.8 Å². The van der Waals surface area contributed by atoms with E-state index in [2.05, 4.69) is 22.3 Å². The van der Waals surface area contributed by atoms with E-state index >= 15 is 0 Å². The molecule has 3 heterocycles. The van der Waals surface area contributed by atoms with Crippen LogP contribution in [0.1, 0.15) is 61.1 Å². The smallest absolute Gasteiger partial charge is 0.284 e. The first-order valence-corrected chi connectivity index (χ1v) is 9.13. The van der Waals surface area contributed by atoms with Gasteiger partial charge in [-0.2, -0.15) is 5.10 Å². The Kier molecular flexibility index (Phi) is 4.63. The Balaban J connectivity index is 1.60. The Morgan fingerprint density at radius 3 is 2.78 bits per heavy atom. The van der Waals surface area contributed by atoms with E-state index in [0.29, 0.717) is 17.1 Å². The average molecular weight is 373 g/mol. The number of anilines is 1. The molecule has 1 amide bonds. The lowest BCUT2D eigenvalue weighted by atomic mass is 9.87. The number of aromatic nitrogens is 4. The van der Waals surface area contributed by atoms with Crippen molar-refractivity contribution in [2.45, 2.75) is 45.1 Å². The number of nitrogens with one attached hydrogen (secondary N) is 1. The van der Waals surface area contributed by atoms with Gasteiger partial charge in [0.05, 0.1) is 17.3 Å². The van der Waals surface area contributed by atoms with Crippen molar-refractivity contribution in [3.05, 3.63) is 48.2 Å². The second-order valence-electron chi connectivity index (χ2n) is 7.16. The number of halogens is 2. The Morgan fingerprint density at radius 2 is 2.04 bits per heavy atom. The van der Waals surface area contributed by atoms with Crippen LogP contribution in [0, 0.1) is 5.92 Å². The van der Waals surface area contributed by atoms with E-state index in [1.165, 1.54) is 6.20 Å². The normalized spacial score (nSPS) is 20.3. The predicted molar refractivity (Wildman–Crippen MR) is 97.0 cm³/mol. The highest BCUT2D eigenvalue weighted by atomic mass is 19.3. The zero-order chi connectivity index (χ0) is 19.0. The van der Waals surface area contributed by atoms with Gasteiger partial charge in [-0.1, -0.05) is 6.92 Å². The van der Waals surface area contributed by atoms with E-state index in [4.69, 9.17) is 0 Å². The summed E-state index contributed by atoms with van der Waals surface area (Å²) in [5.41, 5.74) is 0.472. The summed E-state index contributed by atoms with van der Waals surface area (Å²) in [4.78, 5) is 16.8. The van der Waals surface area contributed by atoms with E-state index in [1.54, 1.807) is 39.8 Å². The molecule has 1 fully saturated rings. The molecule has 0 aromatic carbocycles. The quantitative estimate of drug-likeness (QED) is 0.734. The maximum absolute atomic E-state index is 13.5. The maximum atomic E-state index is 13.5. The van der Waals surface area contributed by atoms with Crippen molar-refractivity contribution in [2.24, 2.45) is 5.92 Å². The van der Waals surface area contributed by atoms with E-state index in [-0.39, 0.29) is 11.7 Å². The number of amides is 1. The molecule has 3 aromatic rings. The molecule has 0 bridgehead atoms. The van der Waals surface area contributed by atoms with Gasteiger partial charge in [-0.15, -0.1) is 0 Å². The first-order valence-electron chi connectivity index (χ1n) is 9.13. The molecule has 1 aliphatic carbocycles. The molecule has 1 aliphatic rings. The van der Waals surface area contributed by atoms with E-state index < -0.39 is 18.0 Å². The molecule has 4 rings (SSSR count). The number of fused-ring (bicyclic) bond motifs is 1. The Morgan fingerprint density at radius 1 is 1.26 bits per heavy atom. The molecule has 1 saturated carbocycles. The minimum Gasteiger partial charge on any atom is -0.319 e. The zero-order valence-corrected chi connectivity index (χ0v) is 15.0. The highest BCUT2D eigenvalue weighted by Gasteiger charge is 2.26. The van der Waals surface area contributed by atoms with Crippen molar-refractivity contribution >= 4 is 17.2 Å². The predicted octanol–water partition coefficient (Wildman–Crippen LogP) is 4.47. The summed E-state index contributed by atoms with van der Waals surface area (Å²) in [7, 11) is 0. The van der Waals surface area contributed by atoms with Crippen LogP contribution in [0.2, 0.25) is 0 Å². The molecule has 0 saturated heterocycles. The SMILES string of the molecule is CC1CCC(n2cc(NC(=O)c3ccn4cccnc34)c(C(F)F)n2)CC1. The fraction of sp³-hybridized carbons (Fsp3) is 0.421. The van der Waals surface area contributed by atoms with Gasteiger partial charge >= 0.3 is 0 Å². The average Bonchev–Trinajstić information content (AvgIpc) is 3.26. The highest BCUT2D eigenvalue weighted by Crippen LogP contribution is 2.34. The summed E-state index contributed by atoms with van der Waals surface area (Å²) in [5.74, 6) is 0.177. The minimum atomic E-state index is -2.76. The summed E-state index contributed by atoms with van der Waals surface area (Å²) in [6.07, 6.45) is 7.76. The van der Waals surface area contributed by atoms with Crippen molar-refractivity contribution in [3.63, 3.8) is 0 Å². The molecule has 3 aromatic heterocycles. The number of hydrogen-bond donors (Lipinski definition) is 1. The number of hydrogen-bond acceptors (Lipinski definition) is 3. The van der Waals surface area contributed by atoms with Gasteiger partial charge in [-0.3, -0.25) is 9.48 Å². The molecule has 0 atom stereocenters. The first kappa shape index (κ1) is 17.6. The van der Waals surface area contributed by atoms with Crippen LogP contribution in [0.15, 0.2) is 36.9 Å². The number of nitrogens with zero attached hydrogens (tertiary/aromatic N) is 4. The third-order valence-corrected chi connectivity index (χ3v) is 5.24. The number of rotatable bonds is 4. The van der Waals surface area contributed by atoms with Crippen LogP contribution in [0.25, 0.3) is 5.65 Å². The molecular weight excluding hydrogens is 352 g/mol. The number of carbonyl (C=O) groups excluding carboxylic acids is 1. The van der Waals surface area contributed by atoms with Crippen molar-refractivity contribution in [3.8, 4) is 0 Å². The fourth-order valence-corrected chi connectivity index (χ4v) is 3.66. The van der Waals surface area contributed by atoms with Gasteiger partial charge in [-0.05, 0) is 43.7 Å². The van der Waals surface area contributed by atoms with Crippen molar-refractivity contribution in [1.82, 2.24) is 19.2 Å². The van der Waals surface area contributed by atoms with Gasteiger partial charge in [0.1, 0.15) is 5.65 Å². The topological polar surface area (TPSA) is 64.2 Å².